The number of nitriles is 1. The zero-order valence-electron chi connectivity index (χ0n) is 17.8. The molecular formula is C24H24ClN3O4. The quantitative estimate of drug-likeness (QED) is 0.652. The molecule has 2 aromatic carbocycles. The second kappa shape index (κ2) is 10.3. The summed E-state index contributed by atoms with van der Waals surface area (Å²) in [6.45, 7) is -0.488. The summed E-state index contributed by atoms with van der Waals surface area (Å²) in [5.41, 5.74) is -0.0905. The van der Waals surface area contributed by atoms with Crippen LogP contribution in [0.1, 0.15) is 52.8 Å². The number of halogens is 1. The Bertz CT molecular complexity index is 1040. The molecule has 0 aliphatic heterocycles. The summed E-state index contributed by atoms with van der Waals surface area (Å²) >= 11 is 5.85. The Balaban J connectivity index is 1.65. The van der Waals surface area contributed by atoms with Gasteiger partial charge in [0.05, 0.1) is 17.3 Å². The van der Waals surface area contributed by atoms with Crippen molar-refractivity contribution in [2.24, 2.45) is 0 Å². The molecule has 1 aliphatic carbocycles. The maximum atomic E-state index is 12.7. The molecule has 1 saturated carbocycles. The van der Waals surface area contributed by atoms with Crippen molar-refractivity contribution >= 4 is 35.1 Å². The van der Waals surface area contributed by atoms with Crippen molar-refractivity contribution in [2.45, 2.75) is 37.6 Å². The maximum absolute atomic E-state index is 12.7. The Morgan fingerprint density at radius 1 is 1.09 bits per heavy atom. The van der Waals surface area contributed by atoms with Gasteiger partial charge in [-0.2, -0.15) is 5.26 Å². The standard InChI is InChI=1S/C24H24ClN3O4/c1-28(24(16-26)13-5-2-6-14-24)21(29)15-32-23(31)19-7-3-4-8-20(19)27-22(30)17-9-11-18(25)12-10-17/h3-4,7-12H,2,5-6,13-15H2,1H3,(H,27,30). The number of carbonyl (C=O) groups excluding carboxylic acids is 3. The molecule has 1 aliphatic rings. The van der Waals surface area contributed by atoms with Crippen molar-refractivity contribution in [1.82, 2.24) is 4.90 Å². The molecule has 0 aromatic heterocycles. The van der Waals surface area contributed by atoms with Crippen LogP contribution in [0.15, 0.2) is 48.5 Å². The SMILES string of the molecule is CN(C(=O)COC(=O)c1ccccc1NC(=O)c1ccc(Cl)cc1)C1(C#N)CCCCC1. The summed E-state index contributed by atoms with van der Waals surface area (Å²) in [7, 11) is 1.57. The zero-order chi connectivity index (χ0) is 23.1. The highest BCUT2D eigenvalue weighted by Crippen LogP contribution is 2.32. The van der Waals surface area contributed by atoms with Crippen LogP contribution in [0, 0.1) is 11.3 Å². The van der Waals surface area contributed by atoms with Crippen LogP contribution >= 0.6 is 11.6 Å². The van der Waals surface area contributed by atoms with E-state index in [1.807, 2.05) is 0 Å². The van der Waals surface area contributed by atoms with Gasteiger partial charge in [-0.05, 0) is 49.2 Å². The van der Waals surface area contributed by atoms with E-state index in [1.54, 1.807) is 49.5 Å². The number of para-hydroxylation sites is 1. The summed E-state index contributed by atoms with van der Waals surface area (Å²) in [6.07, 6.45) is 4.02. The normalized spacial score (nSPS) is 14.7. The van der Waals surface area contributed by atoms with Crippen molar-refractivity contribution in [1.29, 1.82) is 5.26 Å². The van der Waals surface area contributed by atoms with Crippen LogP contribution in [0.4, 0.5) is 5.69 Å². The first-order valence-electron chi connectivity index (χ1n) is 10.4. The molecule has 2 aromatic rings. The minimum absolute atomic E-state index is 0.123. The highest BCUT2D eigenvalue weighted by Gasteiger charge is 2.39. The van der Waals surface area contributed by atoms with E-state index in [2.05, 4.69) is 11.4 Å². The summed E-state index contributed by atoms with van der Waals surface area (Å²) in [5, 5.41) is 12.8. The molecule has 0 heterocycles. The lowest BCUT2D eigenvalue weighted by molar-refractivity contribution is -0.138. The molecule has 7 nitrogen and oxygen atoms in total. The van der Waals surface area contributed by atoms with E-state index < -0.39 is 29.9 Å². The van der Waals surface area contributed by atoms with Crippen LogP contribution < -0.4 is 5.32 Å². The van der Waals surface area contributed by atoms with E-state index in [9.17, 15) is 19.6 Å². The Morgan fingerprint density at radius 2 is 1.75 bits per heavy atom. The predicted molar refractivity (Wildman–Crippen MR) is 120 cm³/mol. The molecule has 0 radical (unpaired) electrons. The number of anilines is 1. The number of nitrogens with zero attached hydrogens (tertiary/aromatic N) is 2. The number of carbonyl (C=O) groups is 3. The van der Waals surface area contributed by atoms with Crippen LogP contribution in [0.25, 0.3) is 0 Å². The first-order chi connectivity index (χ1) is 15.4. The van der Waals surface area contributed by atoms with E-state index in [0.717, 1.165) is 19.3 Å². The summed E-state index contributed by atoms with van der Waals surface area (Å²) in [5.74, 6) is -1.59. The van der Waals surface area contributed by atoms with Gasteiger partial charge in [0.25, 0.3) is 11.8 Å². The van der Waals surface area contributed by atoms with E-state index in [4.69, 9.17) is 16.3 Å². The number of rotatable bonds is 6. The number of amides is 2. The molecule has 2 amide bonds. The van der Waals surface area contributed by atoms with Gasteiger partial charge in [-0.15, -0.1) is 0 Å². The van der Waals surface area contributed by atoms with Gasteiger partial charge in [0.1, 0.15) is 5.54 Å². The smallest absolute Gasteiger partial charge is 0.340 e. The highest BCUT2D eigenvalue weighted by molar-refractivity contribution is 6.30. The molecule has 8 heteroatoms. The Kier molecular flexibility index (Phi) is 7.49. The average Bonchev–Trinajstić information content (AvgIpc) is 2.83. The van der Waals surface area contributed by atoms with E-state index in [-0.39, 0.29) is 11.3 Å². The Hall–Kier alpha value is -3.37. The lowest BCUT2D eigenvalue weighted by Crippen LogP contribution is -2.51. The molecule has 0 unspecified atom stereocenters. The fourth-order valence-electron chi connectivity index (χ4n) is 3.77. The minimum atomic E-state index is -0.855. The average molecular weight is 454 g/mol. The van der Waals surface area contributed by atoms with Crippen LogP contribution in [0.2, 0.25) is 5.02 Å². The second-order valence-electron chi connectivity index (χ2n) is 7.74. The second-order valence-corrected chi connectivity index (χ2v) is 8.18. The molecule has 166 valence electrons. The first kappa shape index (κ1) is 23.3. The lowest BCUT2D eigenvalue weighted by atomic mass is 9.81. The fourth-order valence-corrected chi connectivity index (χ4v) is 3.89. The number of hydrogen-bond donors (Lipinski definition) is 1. The number of ether oxygens (including phenoxy) is 1. The van der Waals surface area contributed by atoms with Gasteiger partial charge in [-0.3, -0.25) is 9.59 Å². The van der Waals surface area contributed by atoms with Gasteiger partial charge >= 0.3 is 5.97 Å². The summed E-state index contributed by atoms with van der Waals surface area (Å²) in [6, 6.07) is 15.0. The molecule has 0 atom stereocenters. The van der Waals surface area contributed by atoms with Crippen molar-refractivity contribution < 1.29 is 19.1 Å². The topological polar surface area (TPSA) is 99.5 Å². The number of hydrogen-bond acceptors (Lipinski definition) is 5. The van der Waals surface area contributed by atoms with Gasteiger partial charge < -0.3 is 15.0 Å². The van der Waals surface area contributed by atoms with Crippen molar-refractivity contribution in [3.63, 3.8) is 0 Å². The van der Waals surface area contributed by atoms with Crippen LogP contribution in [-0.4, -0.2) is 41.9 Å². The van der Waals surface area contributed by atoms with Crippen LogP contribution in [0.5, 0.6) is 0 Å². The van der Waals surface area contributed by atoms with E-state index in [0.29, 0.717) is 23.4 Å². The zero-order valence-corrected chi connectivity index (χ0v) is 18.5. The third-order valence-electron chi connectivity index (χ3n) is 5.73. The number of benzene rings is 2. The van der Waals surface area contributed by atoms with Crippen molar-refractivity contribution in [3.8, 4) is 6.07 Å². The highest BCUT2D eigenvalue weighted by atomic mass is 35.5. The third-order valence-corrected chi connectivity index (χ3v) is 5.99. The molecule has 0 spiro atoms. The summed E-state index contributed by atoms with van der Waals surface area (Å²) < 4.78 is 5.23. The molecule has 3 rings (SSSR count). The van der Waals surface area contributed by atoms with E-state index in [1.165, 1.54) is 11.0 Å². The van der Waals surface area contributed by atoms with Crippen LogP contribution in [0.3, 0.4) is 0 Å². The molecule has 1 N–H and O–H groups in total. The predicted octanol–water partition coefficient (Wildman–Crippen LogP) is 4.43. The maximum Gasteiger partial charge on any atom is 0.340 e. The molecule has 0 bridgehead atoms. The Labute approximate surface area is 191 Å². The van der Waals surface area contributed by atoms with Crippen molar-refractivity contribution in [2.75, 3.05) is 19.0 Å². The lowest BCUT2D eigenvalue weighted by Gasteiger charge is -2.38. The van der Waals surface area contributed by atoms with Crippen molar-refractivity contribution in [3.05, 3.63) is 64.7 Å². The van der Waals surface area contributed by atoms with Crippen LogP contribution in [-0.2, 0) is 9.53 Å². The fraction of sp³-hybridized carbons (Fsp3) is 0.333. The molecule has 32 heavy (non-hydrogen) atoms. The van der Waals surface area contributed by atoms with Gasteiger partial charge in [-0.25, -0.2) is 4.79 Å². The molecule has 1 fully saturated rings. The summed E-state index contributed by atoms with van der Waals surface area (Å²) in [4.78, 5) is 39.2. The first-order valence-corrected chi connectivity index (χ1v) is 10.7. The van der Waals surface area contributed by atoms with Gasteiger partial charge in [-0.1, -0.05) is 43.0 Å². The van der Waals surface area contributed by atoms with Gasteiger partial charge in [0.2, 0.25) is 0 Å². The monoisotopic (exact) mass is 453 g/mol. The minimum Gasteiger partial charge on any atom is -0.452 e. The largest absolute Gasteiger partial charge is 0.452 e. The van der Waals surface area contributed by atoms with Gasteiger partial charge in [0.15, 0.2) is 6.61 Å². The number of nitrogens with one attached hydrogen (secondary N) is 1. The molecule has 0 saturated heterocycles. The third kappa shape index (κ3) is 5.27. The Morgan fingerprint density at radius 3 is 2.41 bits per heavy atom. The number of esters is 1. The van der Waals surface area contributed by atoms with E-state index >= 15 is 0 Å². The molecular weight excluding hydrogens is 430 g/mol. The van der Waals surface area contributed by atoms with Gasteiger partial charge in [0, 0.05) is 17.6 Å². The number of likely N-dealkylation sites (N-methyl/N-ethyl adjacent to an activating group) is 1.